The van der Waals surface area contributed by atoms with Gasteiger partial charge in [-0.2, -0.15) is 0 Å². The predicted octanol–water partition coefficient (Wildman–Crippen LogP) is 2.28. The molecule has 3 aromatic rings. The summed E-state index contributed by atoms with van der Waals surface area (Å²) in [7, 11) is 0. The number of fused-ring (bicyclic) bond motifs is 1. The van der Waals surface area contributed by atoms with Crippen LogP contribution >= 0.6 is 0 Å². The average molecular weight is 374 g/mol. The number of carbonyl (C=O) groups excluding carboxylic acids is 2. The van der Waals surface area contributed by atoms with Crippen molar-refractivity contribution in [1.29, 1.82) is 0 Å². The fourth-order valence-corrected chi connectivity index (χ4v) is 2.55. The highest BCUT2D eigenvalue weighted by atomic mass is 19.1. The van der Waals surface area contributed by atoms with E-state index in [-0.39, 0.29) is 30.1 Å². The molecule has 2 aromatic carbocycles. The van der Waals surface area contributed by atoms with Crippen molar-refractivity contribution in [2.45, 2.75) is 12.8 Å². The lowest BCUT2D eigenvalue weighted by atomic mass is 10.2. The summed E-state index contributed by atoms with van der Waals surface area (Å²) < 4.78 is 26.3. The Morgan fingerprint density at radius 2 is 1.78 bits per heavy atom. The molecule has 0 saturated carbocycles. The monoisotopic (exact) mass is 374 g/mol. The van der Waals surface area contributed by atoms with Crippen molar-refractivity contribution in [3.05, 3.63) is 64.1 Å². The van der Waals surface area contributed by atoms with E-state index in [0.717, 1.165) is 12.1 Å². The zero-order valence-electron chi connectivity index (χ0n) is 14.1. The number of hydrogen-bond donors (Lipinski definition) is 4. The number of nitrogens with one attached hydrogen (secondary N) is 4. The molecule has 0 unspecified atom stereocenters. The molecule has 0 radical (unpaired) electrons. The number of benzene rings is 2. The molecule has 7 nitrogen and oxygen atoms in total. The molecule has 0 aliphatic rings. The van der Waals surface area contributed by atoms with Crippen LogP contribution < -0.4 is 16.3 Å². The number of amides is 2. The molecule has 1 heterocycles. The number of aromatic amines is 2. The Bertz CT molecular complexity index is 1060. The zero-order chi connectivity index (χ0) is 19.4. The largest absolute Gasteiger partial charge is 0.352 e. The highest BCUT2D eigenvalue weighted by molar-refractivity contribution is 5.95. The van der Waals surface area contributed by atoms with Crippen LogP contribution in [-0.4, -0.2) is 28.3 Å². The van der Waals surface area contributed by atoms with Crippen LogP contribution in [0.2, 0.25) is 0 Å². The van der Waals surface area contributed by atoms with Gasteiger partial charge in [-0.15, -0.1) is 0 Å². The van der Waals surface area contributed by atoms with Crippen LogP contribution in [0.1, 0.15) is 23.2 Å². The quantitative estimate of drug-likeness (QED) is 0.497. The van der Waals surface area contributed by atoms with Gasteiger partial charge < -0.3 is 20.6 Å². The maximum absolute atomic E-state index is 13.5. The smallest absolute Gasteiger partial charge is 0.323 e. The Morgan fingerprint density at radius 3 is 2.56 bits per heavy atom. The highest BCUT2D eigenvalue weighted by Crippen LogP contribution is 2.15. The molecule has 3 rings (SSSR count). The minimum atomic E-state index is -0.941. The van der Waals surface area contributed by atoms with Gasteiger partial charge in [-0.3, -0.25) is 9.59 Å². The topological polar surface area (TPSA) is 107 Å². The van der Waals surface area contributed by atoms with Crippen LogP contribution in [0.4, 0.5) is 14.5 Å². The van der Waals surface area contributed by atoms with E-state index >= 15 is 0 Å². The summed E-state index contributed by atoms with van der Waals surface area (Å²) in [5.41, 5.74) is 1.15. The van der Waals surface area contributed by atoms with Crippen molar-refractivity contribution in [3.63, 3.8) is 0 Å². The fourth-order valence-electron chi connectivity index (χ4n) is 2.55. The second kappa shape index (κ2) is 7.81. The molecule has 0 bridgehead atoms. The van der Waals surface area contributed by atoms with Crippen molar-refractivity contribution in [2.24, 2.45) is 0 Å². The third-order valence-corrected chi connectivity index (χ3v) is 3.84. The third kappa shape index (κ3) is 4.57. The SMILES string of the molecule is O=C(CCCNC(=O)c1ccc(F)cc1F)Nc1ccc2[nH]c(=O)[nH]c2c1. The third-order valence-electron chi connectivity index (χ3n) is 3.84. The maximum atomic E-state index is 13.5. The number of halogens is 2. The van der Waals surface area contributed by atoms with Crippen LogP contribution in [0.25, 0.3) is 11.0 Å². The summed E-state index contributed by atoms with van der Waals surface area (Å²) >= 11 is 0. The molecule has 27 heavy (non-hydrogen) atoms. The molecule has 2 amide bonds. The van der Waals surface area contributed by atoms with Gasteiger partial charge in [-0.1, -0.05) is 0 Å². The highest BCUT2D eigenvalue weighted by Gasteiger charge is 2.12. The van der Waals surface area contributed by atoms with E-state index < -0.39 is 17.5 Å². The number of carbonyl (C=O) groups is 2. The van der Waals surface area contributed by atoms with Crippen LogP contribution in [0.5, 0.6) is 0 Å². The Labute approximate surface area is 151 Å². The van der Waals surface area contributed by atoms with Crippen LogP contribution in [0, 0.1) is 11.6 Å². The van der Waals surface area contributed by atoms with Crippen LogP contribution in [-0.2, 0) is 4.79 Å². The first-order valence-corrected chi connectivity index (χ1v) is 8.17. The number of rotatable bonds is 6. The molecule has 0 fully saturated rings. The minimum Gasteiger partial charge on any atom is -0.352 e. The molecule has 4 N–H and O–H groups in total. The van der Waals surface area contributed by atoms with Gasteiger partial charge >= 0.3 is 5.69 Å². The number of anilines is 1. The van der Waals surface area contributed by atoms with E-state index in [2.05, 4.69) is 20.6 Å². The summed E-state index contributed by atoms with van der Waals surface area (Å²) in [6.07, 6.45) is 0.470. The van der Waals surface area contributed by atoms with Crippen LogP contribution in [0.15, 0.2) is 41.2 Å². The number of hydrogen-bond acceptors (Lipinski definition) is 3. The Balaban J connectivity index is 1.46. The second-order valence-electron chi connectivity index (χ2n) is 5.87. The molecule has 1 aromatic heterocycles. The maximum Gasteiger partial charge on any atom is 0.323 e. The Morgan fingerprint density at radius 1 is 1.00 bits per heavy atom. The molecule has 0 aliphatic carbocycles. The standard InChI is InChI=1S/C18H16F2N4O3/c19-10-3-5-12(13(20)8-10)17(26)21-7-1-2-16(25)22-11-4-6-14-15(9-11)24-18(27)23-14/h3-6,8-9H,1-2,7H2,(H,21,26)(H,22,25)(H2,23,24,27). The van der Waals surface area contributed by atoms with Gasteiger partial charge in [0.1, 0.15) is 11.6 Å². The van der Waals surface area contributed by atoms with Crippen molar-refractivity contribution >= 4 is 28.5 Å². The first kappa shape index (κ1) is 18.3. The minimum absolute atomic E-state index is 0.133. The van der Waals surface area contributed by atoms with Gasteiger partial charge in [0, 0.05) is 24.7 Å². The molecule has 0 aliphatic heterocycles. The van der Waals surface area contributed by atoms with Gasteiger partial charge in [0.2, 0.25) is 5.91 Å². The predicted molar refractivity (Wildman–Crippen MR) is 95.5 cm³/mol. The average Bonchev–Trinajstić information content (AvgIpc) is 2.98. The van der Waals surface area contributed by atoms with Gasteiger partial charge in [0.15, 0.2) is 0 Å². The van der Waals surface area contributed by atoms with Crippen molar-refractivity contribution in [2.75, 3.05) is 11.9 Å². The molecule has 9 heteroatoms. The van der Waals surface area contributed by atoms with Gasteiger partial charge in [0.05, 0.1) is 16.6 Å². The molecule has 0 spiro atoms. The van der Waals surface area contributed by atoms with E-state index in [4.69, 9.17) is 0 Å². The lowest BCUT2D eigenvalue weighted by molar-refractivity contribution is -0.116. The van der Waals surface area contributed by atoms with E-state index in [9.17, 15) is 23.2 Å². The summed E-state index contributed by atoms with van der Waals surface area (Å²) in [6.45, 7) is 0.160. The van der Waals surface area contributed by atoms with E-state index in [0.29, 0.717) is 29.2 Å². The van der Waals surface area contributed by atoms with Crippen molar-refractivity contribution in [1.82, 2.24) is 15.3 Å². The molecular formula is C18H16F2N4O3. The summed E-state index contributed by atoms with van der Waals surface area (Å²) in [5.74, 6) is -2.64. The first-order chi connectivity index (χ1) is 12.9. The number of imidazole rings is 1. The second-order valence-corrected chi connectivity index (χ2v) is 5.87. The summed E-state index contributed by atoms with van der Waals surface area (Å²) in [6, 6.07) is 7.65. The van der Waals surface area contributed by atoms with Crippen LogP contribution in [0.3, 0.4) is 0 Å². The normalized spacial score (nSPS) is 10.7. The molecule has 140 valence electrons. The summed E-state index contributed by atoms with van der Waals surface area (Å²) in [4.78, 5) is 40.2. The molecular weight excluding hydrogens is 358 g/mol. The van der Waals surface area contributed by atoms with Crippen molar-refractivity contribution in [3.8, 4) is 0 Å². The van der Waals surface area contributed by atoms with Gasteiger partial charge in [0.25, 0.3) is 5.91 Å². The Kier molecular flexibility index (Phi) is 5.30. The first-order valence-electron chi connectivity index (χ1n) is 8.17. The van der Waals surface area contributed by atoms with Gasteiger partial charge in [-0.05, 0) is 36.8 Å². The number of aromatic nitrogens is 2. The van der Waals surface area contributed by atoms with E-state index in [1.807, 2.05) is 0 Å². The summed E-state index contributed by atoms with van der Waals surface area (Å²) in [5, 5.41) is 5.17. The van der Waals surface area contributed by atoms with Gasteiger partial charge in [-0.25, -0.2) is 13.6 Å². The number of H-pyrrole nitrogens is 2. The lowest BCUT2D eigenvalue weighted by Crippen LogP contribution is -2.26. The molecule has 0 saturated heterocycles. The van der Waals surface area contributed by atoms with E-state index in [1.54, 1.807) is 18.2 Å². The zero-order valence-corrected chi connectivity index (χ0v) is 14.1. The molecule has 0 atom stereocenters. The fraction of sp³-hybridized carbons (Fsp3) is 0.167. The van der Waals surface area contributed by atoms with E-state index in [1.165, 1.54) is 0 Å². The lowest BCUT2D eigenvalue weighted by Gasteiger charge is -2.07. The van der Waals surface area contributed by atoms with Crippen molar-refractivity contribution < 1.29 is 18.4 Å². The Hall–Kier alpha value is -3.49.